The second-order valence-electron chi connectivity index (χ2n) is 4.90. The van der Waals surface area contributed by atoms with Crippen LogP contribution < -0.4 is 0 Å². The van der Waals surface area contributed by atoms with Crippen molar-refractivity contribution in [3.8, 4) is 0 Å². The van der Waals surface area contributed by atoms with Gasteiger partial charge in [-0.3, -0.25) is 4.79 Å². The Bertz CT molecular complexity index is 675. The molecule has 4 nitrogen and oxygen atoms in total. The van der Waals surface area contributed by atoms with Gasteiger partial charge in [0, 0.05) is 5.57 Å². The third-order valence-electron chi connectivity index (χ3n) is 3.43. The van der Waals surface area contributed by atoms with E-state index in [-0.39, 0.29) is 16.8 Å². The SMILES string of the molecule is CC1=C(C(C)Cl)CN(S(=O)(=O)c2ccc(C)cc2)C1=O. The predicted octanol–water partition coefficient (Wildman–Crippen LogP) is 2.47. The van der Waals surface area contributed by atoms with E-state index in [0.29, 0.717) is 11.1 Å². The van der Waals surface area contributed by atoms with Gasteiger partial charge in [0.15, 0.2) is 0 Å². The van der Waals surface area contributed by atoms with Crippen molar-refractivity contribution in [1.29, 1.82) is 0 Å². The fraction of sp³-hybridized carbons (Fsp3) is 0.357. The maximum absolute atomic E-state index is 12.5. The molecule has 1 aromatic carbocycles. The maximum Gasteiger partial charge on any atom is 0.267 e. The first-order chi connectivity index (χ1) is 9.25. The lowest BCUT2D eigenvalue weighted by Gasteiger charge is -2.17. The van der Waals surface area contributed by atoms with Crippen LogP contribution >= 0.6 is 11.6 Å². The van der Waals surface area contributed by atoms with Gasteiger partial charge in [-0.25, -0.2) is 12.7 Å². The second kappa shape index (κ2) is 5.22. The summed E-state index contributed by atoms with van der Waals surface area (Å²) in [6.45, 7) is 5.25. The summed E-state index contributed by atoms with van der Waals surface area (Å²) in [5.74, 6) is -0.493. The number of nitrogens with zero attached hydrogens (tertiary/aromatic N) is 1. The zero-order valence-corrected chi connectivity index (χ0v) is 13.1. The normalized spacial score (nSPS) is 17.8. The van der Waals surface area contributed by atoms with Crippen LogP contribution in [0.25, 0.3) is 0 Å². The Labute approximate surface area is 124 Å². The van der Waals surface area contributed by atoms with Crippen molar-refractivity contribution >= 4 is 27.5 Å². The first kappa shape index (κ1) is 15.1. The van der Waals surface area contributed by atoms with Crippen LogP contribution in [0.5, 0.6) is 0 Å². The predicted molar refractivity (Wildman–Crippen MR) is 78.1 cm³/mol. The van der Waals surface area contributed by atoms with E-state index in [2.05, 4.69) is 0 Å². The Hall–Kier alpha value is -1.33. The molecule has 0 saturated carbocycles. The molecular formula is C14H16ClNO3S. The molecule has 0 spiro atoms. The highest BCUT2D eigenvalue weighted by atomic mass is 35.5. The minimum absolute atomic E-state index is 0.0333. The average Bonchev–Trinajstić information content (AvgIpc) is 2.67. The summed E-state index contributed by atoms with van der Waals surface area (Å²) in [5.41, 5.74) is 2.04. The number of rotatable bonds is 3. The highest BCUT2D eigenvalue weighted by molar-refractivity contribution is 7.89. The number of benzene rings is 1. The summed E-state index contributed by atoms with van der Waals surface area (Å²) in [7, 11) is -3.82. The van der Waals surface area contributed by atoms with Crippen LogP contribution in [0.2, 0.25) is 0 Å². The third-order valence-corrected chi connectivity index (χ3v) is 5.44. The van der Waals surface area contributed by atoms with Crippen molar-refractivity contribution in [3.05, 3.63) is 41.0 Å². The van der Waals surface area contributed by atoms with Crippen LogP contribution in [-0.2, 0) is 14.8 Å². The molecule has 1 aromatic rings. The first-order valence-corrected chi connectivity index (χ1v) is 8.10. The molecule has 20 heavy (non-hydrogen) atoms. The van der Waals surface area contributed by atoms with Gasteiger partial charge in [-0.1, -0.05) is 17.7 Å². The molecule has 0 saturated heterocycles. The molecule has 0 aliphatic carbocycles. The van der Waals surface area contributed by atoms with Crippen LogP contribution in [0.3, 0.4) is 0 Å². The number of hydrogen-bond acceptors (Lipinski definition) is 3. The molecular weight excluding hydrogens is 298 g/mol. The summed E-state index contributed by atoms with van der Waals surface area (Å²) in [5, 5.41) is -0.364. The second-order valence-corrected chi connectivity index (χ2v) is 7.41. The molecule has 0 radical (unpaired) electrons. The Morgan fingerprint density at radius 2 is 1.75 bits per heavy atom. The van der Waals surface area contributed by atoms with Gasteiger partial charge in [0.1, 0.15) is 0 Å². The van der Waals surface area contributed by atoms with Crippen molar-refractivity contribution in [1.82, 2.24) is 4.31 Å². The number of carbonyl (C=O) groups excluding carboxylic acids is 1. The summed E-state index contributed by atoms with van der Waals surface area (Å²) in [6.07, 6.45) is 0. The molecule has 108 valence electrons. The fourth-order valence-corrected chi connectivity index (χ4v) is 3.76. The van der Waals surface area contributed by atoms with Crippen molar-refractivity contribution in [3.63, 3.8) is 0 Å². The Kier molecular flexibility index (Phi) is 3.93. The molecule has 1 amide bonds. The molecule has 0 bridgehead atoms. The molecule has 1 heterocycles. The van der Waals surface area contributed by atoms with E-state index < -0.39 is 15.9 Å². The molecule has 6 heteroatoms. The molecule has 0 N–H and O–H groups in total. The molecule has 2 rings (SSSR count). The molecule has 0 fully saturated rings. The lowest BCUT2D eigenvalue weighted by molar-refractivity contribution is -0.121. The van der Waals surface area contributed by atoms with Gasteiger partial charge >= 0.3 is 0 Å². The first-order valence-electron chi connectivity index (χ1n) is 6.22. The summed E-state index contributed by atoms with van der Waals surface area (Å²) >= 11 is 5.99. The van der Waals surface area contributed by atoms with E-state index in [0.717, 1.165) is 9.87 Å². The van der Waals surface area contributed by atoms with Crippen LogP contribution in [0, 0.1) is 6.92 Å². The van der Waals surface area contributed by atoms with Gasteiger partial charge in [0.25, 0.3) is 15.9 Å². The minimum atomic E-state index is -3.82. The Balaban J connectivity index is 2.39. The van der Waals surface area contributed by atoms with Gasteiger partial charge in [-0.05, 0) is 38.5 Å². The van der Waals surface area contributed by atoms with E-state index in [1.54, 1.807) is 26.0 Å². The number of amides is 1. The van der Waals surface area contributed by atoms with Crippen molar-refractivity contribution in [2.45, 2.75) is 31.0 Å². The highest BCUT2D eigenvalue weighted by Crippen LogP contribution is 2.29. The van der Waals surface area contributed by atoms with Gasteiger partial charge < -0.3 is 0 Å². The number of hydrogen-bond donors (Lipinski definition) is 0. The standard InChI is InChI=1S/C14H16ClNO3S/c1-9-4-6-12(7-5-9)20(18,19)16-8-13(11(3)15)10(2)14(16)17/h4-7,11H,8H2,1-3H3. The summed E-state index contributed by atoms with van der Waals surface area (Å²) in [4.78, 5) is 12.3. The van der Waals surface area contributed by atoms with Gasteiger partial charge in [-0.2, -0.15) is 0 Å². The van der Waals surface area contributed by atoms with E-state index in [9.17, 15) is 13.2 Å². The van der Waals surface area contributed by atoms with Gasteiger partial charge in [0.05, 0.1) is 16.8 Å². The topological polar surface area (TPSA) is 54.5 Å². The van der Waals surface area contributed by atoms with E-state index in [1.807, 2.05) is 6.92 Å². The van der Waals surface area contributed by atoms with Crippen LogP contribution in [0.4, 0.5) is 0 Å². The Morgan fingerprint density at radius 3 is 2.20 bits per heavy atom. The van der Waals surface area contributed by atoms with E-state index in [4.69, 9.17) is 11.6 Å². The zero-order chi connectivity index (χ0) is 15.1. The molecule has 1 unspecified atom stereocenters. The van der Waals surface area contributed by atoms with Crippen molar-refractivity contribution in [2.75, 3.05) is 6.54 Å². The molecule has 1 aliphatic heterocycles. The van der Waals surface area contributed by atoms with E-state index in [1.165, 1.54) is 12.1 Å². The third kappa shape index (κ3) is 2.47. The molecule has 0 aromatic heterocycles. The average molecular weight is 314 g/mol. The maximum atomic E-state index is 12.5. The minimum Gasteiger partial charge on any atom is -0.268 e. The quantitative estimate of drug-likeness (QED) is 0.806. The number of aryl methyl sites for hydroxylation is 1. The summed E-state index contributed by atoms with van der Waals surface area (Å²) in [6, 6.07) is 6.43. The van der Waals surface area contributed by atoms with Crippen LogP contribution in [0.15, 0.2) is 40.3 Å². The monoisotopic (exact) mass is 313 g/mol. The highest BCUT2D eigenvalue weighted by Gasteiger charge is 2.37. The summed E-state index contributed by atoms with van der Waals surface area (Å²) < 4.78 is 25.9. The number of carbonyl (C=O) groups is 1. The lowest BCUT2D eigenvalue weighted by atomic mass is 10.1. The lowest BCUT2D eigenvalue weighted by Crippen LogP contribution is -2.34. The van der Waals surface area contributed by atoms with Gasteiger partial charge in [-0.15, -0.1) is 11.6 Å². The van der Waals surface area contributed by atoms with Crippen LogP contribution in [-0.4, -0.2) is 30.6 Å². The number of sulfonamides is 1. The smallest absolute Gasteiger partial charge is 0.267 e. The molecule has 1 aliphatic rings. The molecule has 1 atom stereocenters. The number of halogens is 1. The largest absolute Gasteiger partial charge is 0.268 e. The fourth-order valence-electron chi connectivity index (χ4n) is 2.13. The Morgan fingerprint density at radius 1 is 1.20 bits per heavy atom. The van der Waals surface area contributed by atoms with Crippen LogP contribution in [0.1, 0.15) is 19.4 Å². The van der Waals surface area contributed by atoms with Crippen molar-refractivity contribution in [2.24, 2.45) is 0 Å². The van der Waals surface area contributed by atoms with Gasteiger partial charge in [0.2, 0.25) is 0 Å². The zero-order valence-electron chi connectivity index (χ0n) is 11.6. The number of alkyl halides is 1. The van der Waals surface area contributed by atoms with Crippen molar-refractivity contribution < 1.29 is 13.2 Å². The van der Waals surface area contributed by atoms with E-state index >= 15 is 0 Å².